The van der Waals surface area contributed by atoms with Crippen LogP contribution in [-0.2, 0) is 14.4 Å². The van der Waals surface area contributed by atoms with E-state index < -0.39 is 17.8 Å². The molecule has 0 aromatic heterocycles. The predicted octanol–water partition coefficient (Wildman–Crippen LogP) is 7.43. The molecule has 1 N–H and O–H groups in total. The molecule has 1 saturated heterocycles. The van der Waals surface area contributed by atoms with E-state index in [4.69, 9.17) is 4.74 Å². The Morgan fingerprint density at radius 2 is 1.40 bits per heavy atom. The summed E-state index contributed by atoms with van der Waals surface area (Å²) in [4.78, 5) is 55.9. The second-order valence-electron chi connectivity index (χ2n) is 9.75. The molecule has 5 rings (SSSR count). The number of nitrogens with zero attached hydrogens (tertiary/aromatic N) is 2. The molecular formula is C33H25Br2N3O5. The normalized spacial score (nSPS) is 13.3. The number of barbiturate groups is 1. The lowest BCUT2D eigenvalue weighted by Crippen LogP contribution is -2.57. The molecule has 4 aromatic carbocycles. The fourth-order valence-electron chi connectivity index (χ4n) is 4.61. The number of aryl methyl sites for hydroxylation is 2. The predicted molar refractivity (Wildman–Crippen MR) is 173 cm³/mol. The summed E-state index contributed by atoms with van der Waals surface area (Å²) in [7, 11) is 0. The fourth-order valence-corrected chi connectivity index (χ4v) is 5.98. The molecule has 0 radical (unpaired) electrons. The maximum absolute atomic E-state index is 13.8. The van der Waals surface area contributed by atoms with Gasteiger partial charge in [-0.1, -0.05) is 70.0 Å². The van der Waals surface area contributed by atoms with E-state index in [-0.39, 0.29) is 23.8 Å². The largest absolute Gasteiger partial charge is 0.482 e. The van der Waals surface area contributed by atoms with E-state index in [1.54, 1.807) is 72.8 Å². The summed E-state index contributed by atoms with van der Waals surface area (Å²) in [5, 5.41) is 2.84. The van der Waals surface area contributed by atoms with Gasteiger partial charge in [0.25, 0.3) is 17.7 Å². The van der Waals surface area contributed by atoms with Crippen molar-refractivity contribution in [2.45, 2.75) is 13.8 Å². The molecule has 0 atom stereocenters. The van der Waals surface area contributed by atoms with Gasteiger partial charge in [-0.05, 0) is 83.9 Å². The van der Waals surface area contributed by atoms with Gasteiger partial charge in [0.1, 0.15) is 11.3 Å². The van der Waals surface area contributed by atoms with Gasteiger partial charge in [0.15, 0.2) is 6.61 Å². The van der Waals surface area contributed by atoms with Crippen molar-refractivity contribution in [1.82, 2.24) is 0 Å². The van der Waals surface area contributed by atoms with Gasteiger partial charge in [-0.25, -0.2) is 14.6 Å². The van der Waals surface area contributed by atoms with Gasteiger partial charge in [-0.2, -0.15) is 0 Å². The molecule has 1 fully saturated rings. The molecule has 1 aliphatic heterocycles. The smallest absolute Gasteiger partial charge is 0.343 e. The van der Waals surface area contributed by atoms with Crippen molar-refractivity contribution >= 4 is 78.8 Å². The van der Waals surface area contributed by atoms with Gasteiger partial charge in [-0.3, -0.25) is 14.4 Å². The van der Waals surface area contributed by atoms with Crippen LogP contribution in [0.15, 0.2) is 106 Å². The molecule has 0 spiro atoms. The number of imide groups is 2. The average molecular weight is 703 g/mol. The first kappa shape index (κ1) is 29.9. The van der Waals surface area contributed by atoms with Crippen LogP contribution >= 0.6 is 31.9 Å². The molecule has 43 heavy (non-hydrogen) atoms. The van der Waals surface area contributed by atoms with Gasteiger partial charge >= 0.3 is 6.03 Å². The van der Waals surface area contributed by atoms with Gasteiger partial charge in [0, 0.05) is 15.7 Å². The highest BCUT2D eigenvalue weighted by Crippen LogP contribution is 2.36. The Hall–Kier alpha value is -4.54. The number of hydrogen-bond acceptors (Lipinski definition) is 5. The van der Waals surface area contributed by atoms with Crippen LogP contribution in [0.3, 0.4) is 0 Å². The molecule has 0 aliphatic carbocycles. The van der Waals surface area contributed by atoms with Crippen LogP contribution in [0.4, 0.5) is 21.9 Å². The van der Waals surface area contributed by atoms with Crippen LogP contribution in [0.25, 0.3) is 6.08 Å². The molecule has 0 unspecified atom stereocenters. The number of carbonyl (C=O) groups is 4. The molecule has 0 bridgehead atoms. The zero-order chi connectivity index (χ0) is 30.7. The van der Waals surface area contributed by atoms with Crippen LogP contribution in [-0.4, -0.2) is 30.4 Å². The minimum Gasteiger partial charge on any atom is -0.482 e. The minimum absolute atomic E-state index is 0.238. The Kier molecular flexibility index (Phi) is 8.89. The number of ether oxygens (including phenoxy) is 1. The molecule has 1 heterocycles. The van der Waals surface area contributed by atoms with Crippen molar-refractivity contribution in [2.75, 3.05) is 21.7 Å². The Bertz CT molecular complexity index is 1710. The highest BCUT2D eigenvalue weighted by Gasteiger charge is 2.43. The van der Waals surface area contributed by atoms with E-state index in [0.717, 1.165) is 20.9 Å². The maximum Gasteiger partial charge on any atom is 0.343 e. The van der Waals surface area contributed by atoms with Gasteiger partial charge in [-0.15, -0.1) is 0 Å². The van der Waals surface area contributed by atoms with Gasteiger partial charge < -0.3 is 10.1 Å². The fraction of sp³-hybridized carbons (Fsp3) is 0.0909. The summed E-state index contributed by atoms with van der Waals surface area (Å²) in [5.74, 6) is -1.73. The van der Waals surface area contributed by atoms with E-state index in [2.05, 4.69) is 37.2 Å². The first-order valence-electron chi connectivity index (χ1n) is 13.2. The number of amides is 5. The number of carbonyl (C=O) groups excluding carboxylic acids is 4. The van der Waals surface area contributed by atoms with Crippen molar-refractivity contribution in [2.24, 2.45) is 0 Å². The summed E-state index contributed by atoms with van der Waals surface area (Å²) >= 11 is 6.92. The molecule has 8 nitrogen and oxygen atoms in total. The minimum atomic E-state index is -0.792. The number of halogens is 2. The third kappa shape index (κ3) is 6.45. The number of nitrogens with one attached hydrogen (secondary N) is 1. The second-order valence-corrected chi connectivity index (χ2v) is 11.5. The molecular weight excluding hydrogens is 678 g/mol. The Labute approximate surface area is 265 Å². The lowest BCUT2D eigenvalue weighted by atomic mass is 10.0. The first-order valence-corrected chi connectivity index (χ1v) is 14.8. The molecule has 4 aromatic rings. The Balaban J connectivity index is 1.52. The summed E-state index contributed by atoms with van der Waals surface area (Å²) < 4.78 is 7.05. The average Bonchev–Trinajstić information content (AvgIpc) is 2.97. The zero-order valence-electron chi connectivity index (χ0n) is 23.1. The molecule has 216 valence electrons. The van der Waals surface area contributed by atoms with Gasteiger partial charge in [0.05, 0.1) is 15.8 Å². The summed E-state index contributed by atoms with van der Waals surface area (Å²) in [5.41, 5.74) is 3.36. The molecule has 0 saturated carbocycles. The van der Waals surface area contributed by atoms with Crippen LogP contribution < -0.4 is 19.9 Å². The SMILES string of the molecule is Cc1ccc(NC(=O)COc2c(Br)cc(Br)cc2C=C2C(=O)N(c3ccccc3)C(=O)N(c3ccccc3)C2=O)c(C)c1. The number of hydrogen-bond donors (Lipinski definition) is 1. The van der Waals surface area contributed by atoms with E-state index in [1.807, 2.05) is 32.0 Å². The van der Waals surface area contributed by atoms with Crippen LogP contribution in [0.5, 0.6) is 5.75 Å². The quantitative estimate of drug-likeness (QED) is 0.160. The topological polar surface area (TPSA) is 96.0 Å². The number of para-hydroxylation sites is 2. The summed E-state index contributed by atoms with van der Waals surface area (Å²) in [6.07, 6.45) is 1.37. The van der Waals surface area contributed by atoms with Crippen molar-refractivity contribution in [1.29, 1.82) is 0 Å². The third-order valence-corrected chi connectivity index (χ3v) is 7.67. The second kappa shape index (κ2) is 12.8. The number of anilines is 3. The summed E-state index contributed by atoms with van der Waals surface area (Å²) in [6.45, 7) is 3.54. The van der Waals surface area contributed by atoms with Crippen LogP contribution in [0, 0.1) is 13.8 Å². The van der Waals surface area contributed by atoms with Crippen LogP contribution in [0.1, 0.15) is 16.7 Å². The van der Waals surface area contributed by atoms with Crippen molar-refractivity contribution in [3.63, 3.8) is 0 Å². The first-order chi connectivity index (χ1) is 20.6. The lowest BCUT2D eigenvalue weighted by molar-refractivity contribution is -0.121. The van der Waals surface area contributed by atoms with Crippen LogP contribution in [0.2, 0.25) is 0 Å². The van der Waals surface area contributed by atoms with E-state index in [0.29, 0.717) is 31.6 Å². The number of rotatable bonds is 7. The maximum atomic E-state index is 13.8. The third-order valence-electron chi connectivity index (χ3n) is 6.62. The Morgan fingerprint density at radius 1 is 0.814 bits per heavy atom. The van der Waals surface area contributed by atoms with Crippen molar-refractivity contribution < 1.29 is 23.9 Å². The molecule has 5 amide bonds. The van der Waals surface area contributed by atoms with Gasteiger partial charge in [0.2, 0.25) is 0 Å². The van der Waals surface area contributed by atoms with E-state index in [9.17, 15) is 19.2 Å². The van der Waals surface area contributed by atoms with E-state index in [1.165, 1.54) is 6.08 Å². The Morgan fingerprint density at radius 3 is 1.95 bits per heavy atom. The summed E-state index contributed by atoms with van der Waals surface area (Å²) in [6, 6.07) is 25.1. The monoisotopic (exact) mass is 701 g/mol. The number of benzene rings is 4. The van der Waals surface area contributed by atoms with E-state index >= 15 is 0 Å². The lowest BCUT2D eigenvalue weighted by Gasteiger charge is -2.34. The highest BCUT2D eigenvalue weighted by atomic mass is 79.9. The molecule has 10 heteroatoms. The highest BCUT2D eigenvalue weighted by molar-refractivity contribution is 9.11. The number of urea groups is 1. The zero-order valence-corrected chi connectivity index (χ0v) is 26.3. The standard InChI is InChI=1S/C33H25Br2N3O5/c1-20-13-14-28(21(2)15-20)36-29(39)19-43-30-22(16-23(34)18-27(30)35)17-26-31(40)37(24-9-5-3-6-10-24)33(42)38(32(26)41)25-11-7-4-8-12-25/h3-18H,19H2,1-2H3,(H,36,39). The van der Waals surface area contributed by atoms with Crippen molar-refractivity contribution in [3.8, 4) is 5.75 Å². The molecule has 1 aliphatic rings. The van der Waals surface area contributed by atoms with Crippen molar-refractivity contribution in [3.05, 3.63) is 122 Å².